The first-order valence-corrected chi connectivity index (χ1v) is 10.6. The largest absolute Gasteiger partial charge is 0.497 e. The monoisotopic (exact) mass is 467 g/mol. The molecule has 2 rings (SSSR count). The van der Waals surface area contributed by atoms with Gasteiger partial charge in [-0.25, -0.2) is 0 Å². The molecule has 0 spiro atoms. The van der Waals surface area contributed by atoms with E-state index in [4.69, 9.17) is 9.47 Å². The van der Waals surface area contributed by atoms with Crippen LogP contribution in [0.5, 0.6) is 0 Å². The van der Waals surface area contributed by atoms with Crippen LogP contribution >= 0.6 is 0 Å². The van der Waals surface area contributed by atoms with E-state index in [1.54, 1.807) is 19.2 Å². The second-order valence-corrected chi connectivity index (χ2v) is 7.97. The summed E-state index contributed by atoms with van der Waals surface area (Å²) in [4.78, 5) is 13.1. The summed E-state index contributed by atoms with van der Waals surface area (Å²) in [5, 5.41) is 6.59. The zero-order valence-electron chi connectivity index (χ0n) is 19.4. The van der Waals surface area contributed by atoms with Crippen LogP contribution in [0.2, 0.25) is 0 Å². The molecule has 1 aliphatic rings. The van der Waals surface area contributed by atoms with Crippen molar-refractivity contribution in [3.63, 3.8) is 0 Å². The van der Waals surface area contributed by atoms with Gasteiger partial charge in [-0.3, -0.25) is 4.79 Å². The minimum atomic E-state index is -0.151. The van der Waals surface area contributed by atoms with Crippen molar-refractivity contribution < 1.29 is 31.3 Å². The van der Waals surface area contributed by atoms with Gasteiger partial charge in [0.1, 0.15) is 5.76 Å². The summed E-state index contributed by atoms with van der Waals surface area (Å²) in [5.41, 5.74) is 4.33. The fraction of sp³-hybridized carbons (Fsp3) is 0.480. The van der Waals surface area contributed by atoms with E-state index in [-0.39, 0.29) is 29.0 Å². The predicted molar refractivity (Wildman–Crippen MR) is 122 cm³/mol. The number of anilines is 1. The fourth-order valence-corrected chi connectivity index (χ4v) is 3.28. The number of methoxy groups -OCH3 is 1. The van der Waals surface area contributed by atoms with Gasteiger partial charge >= 0.3 is 0 Å². The Hall–Kier alpha value is -2.01. The summed E-state index contributed by atoms with van der Waals surface area (Å²) < 4.78 is 11.0. The van der Waals surface area contributed by atoms with Gasteiger partial charge in [0.15, 0.2) is 0 Å². The van der Waals surface area contributed by atoms with Gasteiger partial charge in [-0.1, -0.05) is 25.1 Å². The van der Waals surface area contributed by atoms with Crippen molar-refractivity contribution in [1.29, 1.82) is 0 Å². The zero-order chi connectivity index (χ0) is 22.1. The van der Waals surface area contributed by atoms with E-state index in [9.17, 15) is 4.79 Å². The normalized spacial score (nSPS) is 19.2. The molecule has 0 aliphatic carbocycles. The molecule has 0 radical (unpaired) electrons. The number of carbonyl (C=O) groups excluding carboxylic acids is 1. The Kier molecular flexibility index (Phi) is 11.7. The first-order chi connectivity index (χ1) is 14.4. The van der Waals surface area contributed by atoms with Crippen LogP contribution in [-0.4, -0.2) is 32.3 Å². The van der Waals surface area contributed by atoms with Crippen molar-refractivity contribution in [2.75, 3.05) is 25.6 Å². The molecule has 1 amide bonds. The Bertz CT molecular complexity index is 826. The van der Waals surface area contributed by atoms with Crippen LogP contribution in [0.1, 0.15) is 57.8 Å². The number of benzene rings is 1. The maximum absolute atomic E-state index is 13.1. The number of ether oxygens (including phenoxy) is 2. The van der Waals surface area contributed by atoms with E-state index in [1.807, 2.05) is 39.0 Å². The van der Waals surface area contributed by atoms with Gasteiger partial charge < -0.3 is 20.1 Å². The number of carbonyl (C=O) groups is 1. The predicted octanol–water partition coefficient (Wildman–Crippen LogP) is 5.23. The van der Waals surface area contributed by atoms with Crippen molar-refractivity contribution >= 4 is 11.6 Å². The fourth-order valence-electron chi connectivity index (χ4n) is 3.28. The average molecular weight is 467 g/mol. The Morgan fingerprint density at radius 3 is 2.68 bits per heavy atom. The third-order valence-corrected chi connectivity index (χ3v) is 5.45. The maximum Gasteiger partial charge on any atom is 0.233 e. The molecular weight excluding hydrogens is 432 g/mol. The number of hydrogen-bond acceptors (Lipinski definition) is 4. The van der Waals surface area contributed by atoms with E-state index < -0.39 is 0 Å². The topological polar surface area (TPSA) is 59.6 Å². The minimum absolute atomic E-state index is 0. The van der Waals surface area contributed by atoms with Crippen molar-refractivity contribution in [1.82, 2.24) is 5.32 Å². The van der Waals surface area contributed by atoms with Crippen LogP contribution in [0, 0.1) is 12.0 Å². The molecule has 0 bridgehead atoms. The molecule has 0 saturated carbocycles. The molecule has 0 aromatic heterocycles. The second-order valence-electron chi connectivity index (χ2n) is 7.97. The zero-order valence-corrected chi connectivity index (χ0v) is 20.6. The van der Waals surface area contributed by atoms with Crippen LogP contribution in [0.15, 0.2) is 53.0 Å². The van der Waals surface area contributed by atoms with Gasteiger partial charge in [-0.2, -0.15) is 24.3 Å². The maximum atomic E-state index is 13.1. The summed E-state index contributed by atoms with van der Waals surface area (Å²) >= 11 is 0. The Morgan fingerprint density at radius 2 is 2.06 bits per heavy atom. The first-order valence-electron chi connectivity index (χ1n) is 10.6. The van der Waals surface area contributed by atoms with Crippen LogP contribution in [0.3, 0.4) is 0 Å². The molecule has 1 aliphatic heterocycles. The Labute approximate surface area is 197 Å². The molecule has 1 aromatic rings. The number of hydrogen-bond donors (Lipinski definition) is 2. The smallest absolute Gasteiger partial charge is 0.233 e. The van der Waals surface area contributed by atoms with Crippen LogP contribution in [0.4, 0.5) is 5.69 Å². The van der Waals surface area contributed by atoms with Gasteiger partial charge in [-0.15, -0.1) is 0 Å². The van der Waals surface area contributed by atoms with Crippen molar-refractivity contribution in [3.8, 4) is 0 Å². The molecule has 2 unspecified atom stereocenters. The molecule has 1 fully saturated rings. The Balaban J connectivity index is 0.00000480. The summed E-state index contributed by atoms with van der Waals surface area (Å²) in [6, 6.07) is 8.76. The second kappa shape index (κ2) is 13.4. The van der Waals surface area contributed by atoms with Gasteiger partial charge in [0.05, 0.1) is 13.7 Å². The van der Waals surface area contributed by atoms with Gasteiger partial charge in [0, 0.05) is 35.4 Å². The third kappa shape index (κ3) is 7.88. The molecule has 172 valence electrons. The molecule has 6 heteroatoms. The summed E-state index contributed by atoms with van der Waals surface area (Å²) in [5.74, 6) is 1.05. The summed E-state index contributed by atoms with van der Waals surface area (Å²) in [7, 11) is 1.66. The summed E-state index contributed by atoms with van der Waals surface area (Å²) in [6.07, 6.45) is 5.63. The first kappa shape index (κ1) is 27.0. The van der Waals surface area contributed by atoms with Gasteiger partial charge in [-0.05, 0) is 62.8 Å². The van der Waals surface area contributed by atoms with E-state index in [2.05, 4.69) is 30.5 Å². The minimum Gasteiger partial charge on any atom is -0.497 e. The van der Waals surface area contributed by atoms with E-state index >= 15 is 0 Å². The SMILES string of the molecule is CC/C(C)=C(/C=C\C(NC(=O)c1cc[c-]cc1NC1CCOCC1C)=C(C)C)OC.[Fe]. The Morgan fingerprint density at radius 1 is 1.32 bits per heavy atom. The van der Waals surface area contributed by atoms with Crippen molar-refractivity contribution in [2.24, 2.45) is 5.92 Å². The molecule has 2 atom stereocenters. The van der Waals surface area contributed by atoms with Crippen molar-refractivity contribution in [3.05, 3.63) is 64.6 Å². The van der Waals surface area contributed by atoms with E-state index in [0.717, 1.165) is 54.3 Å². The molecule has 1 aromatic carbocycles. The molecular formula is C25H35FeN2O3-. The quantitative estimate of drug-likeness (QED) is 0.238. The number of allylic oxidation sites excluding steroid dienone is 4. The van der Waals surface area contributed by atoms with E-state index in [0.29, 0.717) is 11.5 Å². The van der Waals surface area contributed by atoms with Crippen LogP contribution in [0.25, 0.3) is 0 Å². The third-order valence-electron chi connectivity index (χ3n) is 5.45. The van der Waals surface area contributed by atoms with Gasteiger partial charge in [0.2, 0.25) is 5.91 Å². The van der Waals surface area contributed by atoms with Gasteiger partial charge in [0.25, 0.3) is 0 Å². The molecule has 5 nitrogen and oxygen atoms in total. The summed E-state index contributed by atoms with van der Waals surface area (Å²) in [6.45, 7) is 11.7. The van der Waals surface area contributed by atoms with Crippen molar-refractivity contribution in [2.45, 2.75) is 53.5 Å². The molecule has 2 N–H and O–H groups in total. The molecule has 1 saturated heterocycles. The van der Waals surface area contributed by atoms with Crippen LogP contribution in [-0.2, 0) is 26.5 Å². The number of rotatable bonds is 8. The van der Waals surface area contributed by atoms with E-state index in [1.165, 1.54) is 0 Å². The van der Waals surface area contributed by atoms with Crippen LogP contribution < -0.4 is 10.6 Å². The number of amides is 1. The standard InChI is InChI=1S/C25H35N2O3.Fe/c1-7-18(4)24(29-6)13-12-21(17(2)3)27-25(28)20-10-8-9-11-23(20)26-22-14-15-30-16-19(22)5;/h8,10-13,19,22,26H,7,14-16H2,1-6H3,(H,27,28);/q-1;/b13-12-,24-18-;. The average Bonchev–Trinajstić information content (AvgIpc) is 2.74. The number of nitrogens with one attached hydrogen (secondary N) is 2. The molecule has 31 heavy (non-hydrogen) atoms. The molecule has 1 heterocycles.